The third-order valence-electron chi connectivity index (χ3n) is 3.75. The Morgan fingerprint density at radius 3 is 2.57 bits per heavy atom. The van der Waals surface area contributed by atoms with Crippen molar-refractivity contribution < 1.29 is 14.7 Å². The number of nitrogens with one attached hydrogen (secondary N) is 1. The van der Waals surface area contributed by atoms with Crippen molar-refractivity contribution in [1.29, 1.82) is 0 Å². The Morgan fingerprint density at radius 1 is 1.17 bits per heavy atom. The van der Waals surface area contributed by atoms with Crippen molar-refractivity contribution in [3.63, 3.8) is 0 Å². The van der Waals surface area contributed by atoms with Gasteiger partial charge < -0.3 is 10.4 Å². The molecule has 0 atom stereocenters. The van der Waals surface area contributed by atoms with Gasteiger partial charge in [-0.15, -0.1) is 0 Å². The predicted molar refractivity (Wildman–Crippen MR) is 83.4 cm³/mol. The minimum absolute atomic E-state index is 0.212. The van der Waals surface area contributed by atoms with Crippen molar-refractivity contribution in [2.45, 2.75) is 25.2 Å². The normalized spacial score (nSPS) is 13.6. The molecular weight excluding hydrogens is 294 g/mol. The zero-order chi connectivity index (χ0) is 16.2. The van der Waals surface area contributed by atoms with Gasteiger partial charge in [-0.05, 0) is 43.0 Å². The Kier molecular flexibility index (Phi) is 4.32. The second-order valence-corrected chi connectivity index (χ2v) is 5.58. The topological polar surface area (TPSA) is 92.2 Å². The molecule has 1 amide bonds. The van der Waals surface area contributed by atoms with Crippen molar-refractivity contribution in [2.24, 2.45) is 0 Å². The minimum atomic E-state index is -0.944. The quantitative estimate of drug-likeness (QED) is 0.851. The van der Waals surface area contributed by atoms with Crippen LogP contribution in [-0.4, -0.2) is 33.5 Å². The molecule has 1 fully saturated rings. The second-order valence-electron chi connectivity index (χ2n) is 5.58. The number of aromatic carboxylic acids is 1. The molecule has 2 N–H and O–H groups in total. The smallest absolute Gasteiger partial charge is 0.335 e. The first-order valence-corrected chi connectivity index (χ1v) is 7.57. The highest BCUT2D eigenvalue weighted by molar-refractivity contribution is 5.92. The zero-order valence-electron chi connectivity index (χ0n) is 12.5. The number of nitrogens with zero attached hydrogens (tertiary/aromatic N) is 2. The highest BCUT2D eigenvalue weighted by Crippen LogP contribution is 2.37. The van der Waals surface area contributed by atoms with Gasteiger partial charge in [0.05, 0.1) is 5.56 Å². The number of carbonyl (C=O) groups excluding carboxylic acids is 1. The largest absolute Gasteiger partial charge is 0.478 e. The number of carboxylic acids is 1. The van der Waals surface area contributed by atoms with E-state index >= 15 is 0 Å². The molecule has 6 nitrogen and oxygen atoms in total. The molecule has 23 heavy (non-hydrogen) atoms. The number of aromatic nitrogens is 2. The summed E-state index contributed by atoms with van der Waals surface area (Å²) in [5, 5.41) is 11.7. The summed E-state index contributed by atoms with van der Waals surface area (Å²) in [6.07, 6.45) is 4.45. The van der Waals surface area contributed by atoms with Gasteiger partial charge in [0.2, 0.25) is 0 Å². The van der Waals surface area contributed by atoms with Gasteiger partial charge in [0.15, 0.2) is 0 Å². The summed E-state index contributed by atoms with van der Waals surface area (Å²) in [5.41, 5.74) is 1.62. The maximum Gasteiger partial charge on any atom is 0.335 e. The van der Waals surface area contributed by atoms with Crippen molar-refractivity contribution in [3.05, 3.63) is 59.2 Å². The van der Waals surface area contributed by atoms with E-state index in [-0.39, 0.29) is 11.5 Å². The molecule has 6 heteroatoms. The van der Waals surface area contributed by atoms with Gasteiger partial charge in [-0.2, -0.15) is 0 Å². The summed E-state index contributed by atoms with van der Waals surface area (Å²) in [7, 11) is 0. The van der Waals surface area contributed by atoms with Crippen LogP contribution in [0.15, 0.2) is 36.5 Å². The molecule has 0 bridgehead atoms. The van der Waals surface area contributed by atoms with Crippen LogP contribution in [0, 0.1) is 0 Å². The summed E-state index contributed by atoms with van der Waals surface area (Å²) >= 11 is 0. The van der Waals surface area contributed by atoms with Crippen LogP contribution in [0.1, 0.15) is 51.0 Å². The van der Waals surface area contributed by atoms with Crippen LogP contribution in [0.4, 0.5) is 0 Å². The van der Waals surface area contributed by atoms with E-state index in [9.17, 15) is 9.59 Å². The molecule has 1 aliphatic rings. The summed E-state index contributed by atoms with van der Waals surface area (Å²) in [6.45, 7) is 0.466. The molecule has 0 spiro atoms. The monoisotopic (exact) mass is 311 g/mol. The van der Waals surface area contributed by atoms with Gasteiger partial charge in [-0.1, -0.05) is 12.1 Å². The van der Waals surface area contributed by atoms with Crippen LogP contribution in [0.5, 0.6) is 0 Å². The maximum atomic E-state index is 12.1. The molecular formula is C17H17N3O3. The fourth-order valence-electron chi connectivity index (χ4n) is 2.26. The number of carboxylic acid groups (broad SMARTS) is 1. The Balaban J connectivity index is 1.52. The summed E-state index contributed by atoms with van der Waals surface area (Å²) in [5.74, 6) is 0.00828. The van der Waals surface area contributed by atoms with Gasteiger partial charge in [0, 0.05) is 18.7 Å². The Morgan fingerprint density at radius 2 is 1.91 bits per heavy atom. The van der Waals surface area contributed by atoms with E-state index in [4.69, 9.17) is 5.11 Å². The first-order valence-electron chi connectivity index (χ1n) is 7.57. The minimum Gasteiger partial charge on any atom is -0.478 e. The molecule has 0 radical (unpaired) electrons. The third kappa shape index (κ3) is 3.91. The molecule has 0 aliphatic heterocycles. The molecule has 1 aliphatic carbocycles. The lowest BCUT2D eigenvalue weighted by atomic mass is 10.1. The van der Waals surface area contributed by atoms with E-state index in [1.165, 1.54) is 0 Å². The van der Waals surface area contributed by atoms with Crippen molar-refractivity contribution in [2.75, 3.05) is 6.54 Å². The van der Waals surface area contributed by atoms with E-state index in [0.29, 0.717) is 24.6 Å². The Bertz CT molecular complexity index is 724. The zero-order valence-corrected chi connectivity index (χ0v) is 12.5. The van der Waals surface area contributed by atoms with Gasteiger partial charge in [0.25, 0.3) is 5.91 Å². The lowest BCUT2D eigenvalue weighted by Crippen LogP contribution is -2.26. The van der Waals surface area contributed by atoms with Crippen molar-refractivity contribution in [3.8, 4) is 0 Å². The number of benzene rings is 1. The molecule has 118 valence electrons. The molecule has 3 rings (SSSR count). The Labute approximate surface area is 133 Å². The van der Waals surface area contributed by atoms with E-state index in [0.717, 1.165) is 24.2 Å². The lowest BCUT2D eigenvalue weighted by Gasteiger charge is -2.06. The molecule has 1 aromatic heterocycles. The van der Waals surface area contributed by atoms with Gasteiger partial charge in [-0.25, -0.2) is 14.8 Å². The summed E-state index contributed by atoms with van der Waals surface area (Å²) in [6, 6.07) is 8.25. The van der Waals surface area contributed by atoms with Crippen LogP contribution in [0.25, 0.3) is 0 Å². The molecule has 1 aromatic carbocycles. The number of hydrogen-bond donors (Lipinski definition) is 2. The fraction of sp³-hybridized carbons (Fsp3) is 0.294. The highest BCUT2D eigenvalue weighted by Gasteiger charge is 2.27. The number of carbonyl (C=O) groups is 2. The van der Waals surface area contributed by atoms with Crippen LogP contribution in [0.3, 0.4) is 0 Å². The SMILES string of the molecule is O=C(O)c1ccc(CCNC(=O)c2ccnc(C3CC3)n2)cc1. The fourth-order valence-corrected chi connectivity index (χ4v) is 2.26. The van der Waals surface area contributed by atoms with Crippen LogP contribution < -0.4 is 5.32 Å². The molecule has 0 saturated heterocycles. The number of amides is 1. The highest BCUT2D eigenvalue weighted by atomic mass is 16.4. The van der Waals surface area contributed by atoms with Gasteiger partial charge in [0.1, 0.15) is 11.5 Å². The van der Waals surface area contributed by atoms with Crippen molar-refractivity contribution in [1.82, 2.24) is 15.3 Å². The van der Waals surface area contributed by atoms with E-state index in [1.807, 2.05) is 0 Å². The van der Waals surface area contributed by atoms with Gasteiger partial charge in [-0.3, -0.25) is 4.79 Å². The lowest BCUT2D eigenvalue weighted by molar-refractivity contribution is 0.0696. The van der Waals surface area contributed by atoms with E-state index in [2.05, 4.69) is 15.3 Å². The van der Waals surface area contributed by atoms with E-state index < -0.39 is 5.97 Å². The average Bonchev–Trinajstić information content (AvgIpc) is 3.40. The summed E-state index contributed by atoms with van der Waals surface area (Å²) in [4.78, 5) is 31.4. The molecule has 1 saturated carbocycles. The summed E-state index contributed by atoms with van der Waals surface area (Å²) < 4.78 is 0. The first kappa shape index (κ1) is 15.1. The van der Waals surface area contributed by atoms with Crippen LogP contribution in [-0.2, 0) is 6.42 Å². The second kappa shape index (κ2) is 6.56. The van der Waals surface area contributed by atoms with Crippen LogP contribution >= 0.6 is 0 Å². The predicted octanol–water partition coefficient (Wildman–Crippen LogP) is 2.02. The maximum absolute atomic E-state index is 12.1. The standard InChI is InChI=1S/C17H17N3O3/c21-16(14-8-10-18-15(20-14)12-5-6-12)19-9-7-11-1-3-13(4-2-11)17(22)23/h1-4,8,10,12H,5-7,9H2,(H,19,21)(H,22,23). The van der Waals surface area contributed by atoms with E-state index in [1.54, 1.807) is 36.5 Å². The number of hydrogen-bond acceptors (Lipinski definition) is 4. The first-order chi connectivity index (χ1) is 11.1. The third-order valence-corrected chi connectivity index (χ3v) is 3.75. The number of rotatable bonds is 6. The average molecular weight is 311 g/mol. The Hall–Kier alpha value is -2.76. The molecule has 0 unspecified atom stereocenters. The molecule has 2 aromatic rings. The van der Waals surface area contributed by atoms with Crippen molar-refractivity contribution >= 4 is 11.9 Å². The van der Waals surface area contributed by atoms with Gasteiger partial charge >= 0.3 is 5.97 Å². The van der Waals surface area contributed by atoms with Crippen LogP contribution in [0.2, 0.25) is 0 Å². The molecule has 1 heterocycles.